The summed E-state index contributed by atoms with van der Waals surface area (Å²) < 4.78 is 5.13. The second-order valence-electron chi connectivity index (χ2n) is 5.02. The Balaban J connectivity index is 2.16. The van der Waals surface area contributed by atoms with Crippen molar-refractivity contribution in [3.8, 4) is 5.75 Å². The van der Waals surface area contributed by atoms with E-state index in [0.29, 0.717) is 22.0 Å². The molecule has 2 aromatic rings. The number of thiocarbonyl (C=S) groups is 1. The van der Waals surface area contributed by atoms with E-state index in [9.17, 15) is 14.7 Å². The summed E-state index contributed by atoms with van der Waals surface area (Å²) in [5.74, 6) is -1.45. The Morgan fingerprint density at radius 2 is 1.92 bits per heavy atom. The Bertz CT molecular complexity index is 855. The standard InChI is InChI=1S/C17H15ClN2O4S/c1-9-11(16(22)23)4-3-5-13(9)19-17(25)20-15(21)12-8-10(18)6-7-14(12)24-2/h3-8H,1-2H3,(H,22,23)(H2,19,20,21,25)/p-1. The molecule has 2 N–H and O–H groups in total. The minimum Gasteiger partial charge on any atom is -0.545 e. The summed E-state index contributed by atoms with van der Waals surface area (Å²) in [5.41, 5.74) is 1.15. The average Bonchev–Trinajstić information content (AvgIpc) is 2.56. The Labute approximate surface area is 154 Å². The van der Waals surface area contributed by atoms with Crippen molar-refractivity contribution in [2.75, 3.05) is 12.4 Å². The molecule has 2 rings (SSSR count). The number of halogens is 1. The first-order chi connectivity index (χ1) is 11.8. The number of nitrogens with one attached hydrogen (secondary N) is 2. The Morgan fingerprint density at radius 1 is 1.20 bits per heavy atom. The van der Waals surface area contributed by atoms with Gasteiger partial charge in [0.25, 0.3) is 5.91 Å². The van der Waals surface area contributed by atoms with Crippen LogP contribution in [0.1, 0.15) is 26.3 Å². The molecule has 6 nitrogen and oxygen atoms in total. The van der Waals surface area contributed by atoms with Crippen molar-refractivity contribution in [3.63, 3.8) is 0 Å². The average molecular weight is 378 g/mol. The van der Waals surface area contributed by atoms with Crippen LogP contribution in [-0.2, 0) is 0 Å². The minimum absolute atomic E-state index is 0.00521. The van der Waals surface area contributed by atoms with Gasteiger partial charge < -0.3 is 20.0 Å². The first-order valence-electron chi connectivity index (χ1n) is 7.10. The lowest BCUT2D eigenvalue weighted by Gasteiger charge is -2.15. The molecule has 0 fully saturated rings. The lowest BCUT2D eigenvalue weighted by molar-refractivity contribution is -0.255. The zero-order chi connectivity index (χ0) is 18.6. The molecule has 0 aromatic heterocycles. The van der Waals surface area contributed by atoms with E-state index in [1.807, 2.05) is 0 Å². The van der Waals surface area contributed by atoms with Crippen LogP contribution in [0.4, 0.5) is 5.69 Å². The van der Waals surface area contributed by atoms with Crippen molar-refractivity contribution in [3.05, 3.63) is 58.1 Å². The molecular weight excluding hydrogens is 364 g/mol. The van der Waals surface area contributed by atoms with Crippen LogP contribution in [0, 0.1) is 6.92 Å². The summed E-state index contributed by atoms with van der Waals surface area (Å²) in [5, 5.41) is 16.7. The number of aromatic carboxylic acids is 1. The molecule has 0 saturated carbocycles. The molecule has 0 heterocycles. The Kier molecular flexibility index (Phi) is 5.95. The Morgan fingerprint density at radius 3 is 2.56 bits per heavy atom. The van der Waals surface area contributed by atoms with Gasteiger partial charge in [-0.3, -0.25) is 10.1 Å². The normalized spacial score (nSPS) is 10.0. The fourth-order valence-electron chi connectivity index (χ4n) is 2.17. The van der Waals surface area contributed by atoms with Crippen LogP contribution in [0.15, 0.2) is 36.4 Å². The highest BCUT2D eigenvalue weighted by Crippen LogP contribution is 2.23. The van der Waals surface area contributed by atoms with E-state index in [2.05, 4.69) is 10.6 Å². The maximum Gasteiger partial charge on any atom is 0.261 e. The first-order valence-corrected chi connectivity index (χ1v) is 7.89. The molecule has 0 atom stereocenters. The predicted molar refractivity (Wildman–Crippen MR) is 97.2 cm³/mol. The summed E-state index contributed by atoms with van der Waals surface area (Å²) in [6, 6.07) is 9.24. The van der Waals surface area contributed by atoms with Gasteiger partial charge in [-0.05, 0) is 49.0 Å². The fourth-order valence-corrected chi connectivity index (χ4v) is 2.55. The molecule has 0 aliphatic heterocycles. The fraction of sp³-hybridized carbons (Fsp3) is 0.118. The molecule has 1 amide bonds. The maximum absolute atomic E-state index is 12.4. The number of anilines is 1. The smallest absolute Gasteiger partial charge is 0.261 e. The molecule has 0 bridgehead atoms. The highest BCUT2D eigenvalue weighted by Gasteiger charge is 2.15. The zero-order valence-corrected chi connectivity index (χ0v) is 15.0. The van der Waals surface area contributed by atoms with Gasteiger partial charge in [0.1, 0.15) is 5.75 Å². The van der Waals surface area contributed by atoms with E-state index < -0.39 is 11.9 Å². The van der Waals surface area contributed by atoms with Crippen LogP contribution in [0.5, 0.6) is 5.75 Å². The number of benzene rings is 2. The van der Waals surface area contributed by atoms with Gasteiger partial charge in [0.05, 0.1) is 18.6 Å². The summed E-state index contributed by atoms with van der Waals surface area (Å²) >= 11 is 11.0. The lowest BCUT2D eigenvalue weighted by Crippen LogP contribution is -2.34. The van der Waals surface area contributed by atoms with Crippen molar-refractivity contribution >= 4 is 46.5 Å². The second-order valence-corrected chi connectivity index (χ2v) is 5.86. The molecule has 25 heavy (non-hydrogen) atoms. The van der Waals surface area contributed by atoms with E-state index in [-0.39, 0.29) is 16.2 Å². The summed E-state index contributed by atoms with van der Waals surface area (Å²) in [7, 11) is 1.44. The number of amides is 1. The number of hydrogen-bond acceptors (Lipinski definition) is 5. The topological polar surface area (TPSA) is 90.5 Å². The van der Waals surface area contributed by atoms with Gasteiger partial charge in [-0.25, -0.2) is 0 Å². The molecule has 0 unspecified atom stereocenters. The SMILES string of the molecule is COc1ccc(Cl)cc1C(=O)NC(=S)Nc1cccc(C(=O)[O-])c1C. The van der Waals surface area contributed by atoms with Gasteiger partial charge in [0.15, 0.2) is 5.11 Å². The van der Waals surface area contributed by atoms with E-state index in [1.165, 1.54) is 19.2 Å². The minimum atomic E-state index is -1.29. The van der Waals surface area contributed by atoms with Gasteiger partial charge in [-0.15, -0.1) is 0 Å². The number of rotatable bonds is 4. The molecule has 0 aliphatic rings. The van der Waals surface area contributed by atoms with Gasteiger partial charge >= 0.3 is 0 Å². The van der Waals surface area contributed by atoms with Crippen LogP contribution in [-0.4, -0.2) is 24.1 Å². The number of ether oxygens (including phenoxy) is 1. The summed E-state index contributed by atoms with van der Waals surface area (Å²) in [4.78, 5) is 23.4. The highest BCUT2D eigenvalue weighted by molar-refractivity contribution is 7.80. The van der Waals surface area contributed by atoms with Crippen molar-refractivity contribution < 1.29 is 19.4 Å². The van der Waals surface area contributed by atoms with Crippen molar-refractivity contribution in [2.24, 2.45) is 0 Å². The third kappa shape index (κ3) is 4.46. The third-order valence-corrected chi connectivity index (χ3v) is 3.87. The number of carboxylic acid groups (broad SMARTS) is 1. The summed E-state index contributed by atoms with van der Waals surface area (Å²) in [6.07, 6.45) is 0. The number of carboxylic acids is 1. The van der Waals surface area contributed by atoms with Crippen molar-refractivity contribution in [1.82, 2.24) is 5.32 Å². The van der Waals surface area contributed by atoms with Crippen molar-refractivity contribution in [1.29, 1.82) is 0 Å². The van der Waals surface area contributed by atoms with E-state index in [0.717, 1.165) is 0 Å². The molecular formula is C17H14ClN2O4S-. The van der Waals surface area contributed by atoms with Crippen LogP contribution in [0.2, 0.25) is 5.02 Å². The third-order valence-electron chi connectivity index (χ3n) is 3.44. The van der Waals surface area contributed by atoms with Crippen LogP contribution < -0.4 is 20.5 Å². The number of methoxy groups -OCH3 is 1. The first kappa shape index (κ1) is 18.7. The van der Waals surface area contributed by atoms with Crippen LogP contribution in [0.3, 0.4) is 0 Å². The lowest BCUT2D eigenvalue weighted by atomic mass is 10.1. The van der Waals surface area contributed by atoms with Crippen LogP contribution in [0.25, 0.3) is 0 Å². The molecule has 0 aliphatic carbocycles. The van der Waals surface area contributed by atoms with Crippen molar-refractivity contribution in [2.45, 2.75) is 6.92 Å². The molecule has 2 aromatic carbocycles. The maximum atomic E-state index is 12.4. The largest absolute Gasteiger partial charge is 0.545 e. The Hall–Kier alpha value is -2.64. The zero-order valence-electron chi connectivity index (χ0n) is 13.4. The highest BCUT2D eigenvalue weighted by atomic mass is 35.5. The molecule has 0 saturated heterocycles. The van der Waals surface area contributed by atoms with Gasteiger partial charge in [0.2, 0.25) is 0 Å². The van der Waals surface area contributed by atoms with Gasteiger partial charge in [-0.1, -0.05) is 23.7 Å². The predicted octanol–water partition coefficient (Wildman–Crippen LogP) is 2.15. The quantitative estimate of drug-likeness (QED) is 0.793. The van der Waals surface area contributed by atoms with E-state index in [1.54, 1.807) is 31.2 Å². The molecule has 8 heteroatoms. The van der Waals surface area contributed by atoms with E-state index in [4.69, 9.17) is 28.6 Å². The van der Waals surface area contributed by atoms with Gasteiger partial charge in [-0.2, -0.15) is 0 Å². The number of hydrogen-bond donors (Lipinski definition) is 2. The van der Waals surface area contributed by atoms with E-state index >= 15 is 0 Å². The molecule has 130 valence electrons. The summed E-state index contributed by atoms with van der Waals surface area (Å²) in [6.45, 7) is 1.61. The number of carbonyl (C=O) groups excluding carboxylic acids is 2. The van der Waals surface area contributed by atoms with Crippen LogP contribution >= 0.6 is 23.8 Å². The molecule has 0 radical (unpaired) electrons. The number of carbonyl (C=O) groups is 2. The second kappa shape index (κ2) is 7.96. The van der Waals surface area contributed by atoms with Gasteiger partial charge in [0, 0.05) is 16.3 Å². The monoisotopic (exact) mass is 377 g/mol. The molecule has 0 spiro atoms.